The number of nitrogens with zero attached hydrogens (tertiary/aromatic N) is 1. The predicted octanol–water partition coefficient (Wildman–Crippen LogP) is 20.1. The van der Waals surface area contributed by atoms with Crippen LogP contribution in [0, 0.1) is 0 Å². The van der Waals surface area contributed by atoms with E-state index in [0.29, 0.717) is 17.4 Å². The Morgan fingerprint density at radius 1 is 0.446 bits per heavy atom. The van der Waals surface area contributed by atoms with Crippen LogP contribution in [0.4, 0.5) is 0 Å². The number of aliphatic hydroxyl groups is 1. The lowest BCUT2D eigenvalue weighted by atomic mass is 10.0. The van der Waals surface area contributed by atoms with E-state index in [1.807, 2.05) is 27.2 Å². The number of allylic oxidation sites excluding steroid dienone is 5. The number of hydrogen-bond acceptors (Lipinski definition) is 5. The monoisotopic (exact) mass is 1060 g/mol. The minimum atomic E-state index is -4.36. The molecule has 0 saturated carbocycles. The molecule has 0 aromatic carbocycles. The zero-order valence-corrected chi connectivity index (χ0v) is 51.0. The smallest absolute Gasteiger partial charge is 0.387 e. The number of rotatable bonds is 60. The van der Waals surface area contributed by atoms with Crippen LogP contribution < -0.4 is 5.32 Å². The van der Waals surface area contributed by atoms with Crippen LogP contribution in [0.1, 0.15) is 322 Å². The highest BCUT2D eigenvalue weighted by atomic mass is 31.2. The summed E-state index contributed by atoms with van der Waals surface area (Å²) in [4.78, 5) is 23.3. The first kappa shape index (κ1) is 72.7. The lowest BCUT2D eigenvalue weighted by Crippen LogP contribution is -2.45. The van der Waals surface area contributed by atoms with Gasteiger partial charge in [-0.05, 0) is 44.9 Å². The lowest BCUT2D eigenvalue weighted by Gasteiger charge is -2.25. The second kappa shape index (κ2) is 56.4. The van der Waals surface area contributed by atoms with Crippen molar-refractivity contribution in [3.05, 3.63) is 36.5 Å². The van der Waals surface area contributed by atoms with Crippen LogP contribution >= 0.6 is 7.82 Å². The molecule has 3 unspecified atom stereocenters. The fourth-order valence-electron chi connectivity index (χ4n) is 9.78. The Bertz CT molecular complexity index is 1300. The van der Waals surface area contributed by atoms with Crippen LogP contribution in [-0.2, 0) is 18.4 Å². The summed E-state index contributed by atoms with van der Waals surface area (Å²) in [6.07, 6.45) is 74.4. The molecule has 0 aliphatic heterocycles. The lowest BCUT2D eigenvalue weighted by molar-refractivity contribution is -0.870. The van der Waals surface area contributed by atoms with Gasteiger partial charge in [0.05, 0.1) is 39.9 Å². The minimum Gasteiger partial charge on any atom is -0.387 e. The van der Waals surface area contributed by atoms with E-state index >= 15 is 0 Å². The Labute approximate surface area is 461 Å². The molecule has 9 heteroatoms. The summed E-state index contributed by atoms with van der Waals surface area (Å²) in [5.41, 5.74) is 0. The van der Waals surface area contributed by atoms with E-state index in [1.54, 1.807) is 6.08 Å². The van der Waals surface area contributed by atoms with E-state index in [9.17, 15) is 19.4 Å². The Morgan fingerprint density at radius 2 is 0.743 bits per heavy atom. The van der Waals surface area contributed by atoms with Crippen LogP contribution in [0.25, 0.3) is 0 Å². The summed E-state index contributed by atoms with van der Waals surface area (Å²) < 4.78 is 23.7. The van der Waals surface area contributed by atoms with Crippen molar-refractivity contribution in [2.45, 2.75) is 334 Å². The summed E-state index contributed by atoms with van der Waals surface area (Å²) in [6.45, 7) is 4.82. The number of amides is 1. The van der Waals surface area contributed by atoms with Gasteiger partial charge in [0.2, 0.25) is 5.91 Å². The Morgan fingerprint density at radius 3 is 1.08 bits per heavy atom. The highest BCUT2D eigenvalue weighted by molar-refractivity contribution is 7.47. The maximum atomic E-state index is 13.0. The number of phosphoric ester groups is 1. The number of unbranched alkanes of at least 4 members (excludes halogenated alkanes) is 43. The standard InChI is InChI=1S/C65H127N2O6P/c1-6-8-10-12-14-16-18-20-22-24-25-26-27-28-29-30-31-32-33-34-35-36-37-38-39-40-41-43-45-47-49-51-53-55-57-59-65(69)66-63(62-73-74(70,71)72-61-60-67(3,4)5)64(68)58-56-54-52-50-48-46-44-42-23-21-19-17-15-13-11-9-7-2/h23,42,48,50,56,58,63-64,68H,6-22,24-41,43-47,49,51-55,57,59-62H2,1-5H3,(H-,66,69,70,71)/p+1/b42-23+,50-48+,58-56+. The summed E-state index contributed by atoms with van der Waals surface area (Å²) in [5.74, 6) is -0.185. The molecule has 0 aromatic rings. The quantitative estimate of drug-likeness (QED) is 0.0243. The number of nitrogens with one attached hydrogen (secondary N) is 1. The van der Waals surface area contributed by atoms with E-state index in [4.69, 9.17) is 9.05 Å². The van der Waals surface area contributed by atoms with Gasteiger partial charge in [-0.3, -0.25) is 13.8 Å². The molecule has 3 atom stereocenters. The number of quaternary nitrogens is 1. The van der Waals surface area contributed by atoms with Crippen LogP contribution in [0.15, 0.2) is 36.5 Å². The number of carbonyl (C=O) groups excluding carboxylic acids is 1. The maximum Gasteiger partial charge on any atom is 0.472 e. The van der Waals surface area contributed by atoms with E-state index in [1.165, 1.54) is 257 Å². The maximum absolute atomic E-state index is 13.0. The molecule has 0 bridgehead atoms. The molecular weight excluding hydrogens is 936 g/mol. The Hall–Kier alpha value is -1.28. The summed E-state index contributed by atoms with van der Waals surface area (Å²) in [5, 5.41) is 13.9. The molecule has 0 spiro atoms. The van der Waals surface area contributed by atoms with Gasteiger partial charge in [0.15, 0.2) is 0 Å². The number of phosphoric acid groups is 1. The van der Waals surface area contributed by atoms with E-state index in [2.05, 4.69) is 43.5 Å². The predicted molar refractivity (Wildman–Crippen MR) is 323 cm³/mol. The molecule has 0 aliphatic carbocycles. The third-order valence-electron chi connectivity index (χ3n) is 14.8. The molecule has 3 N–H and O–H groups in total. The third kappa shape index (κ3) is 58.4. The van der Waals surface area contributed by atoms with Crippen molar-refractivity contribution in [3.8, 4) is 0 Å². The van der Waals surface area contributed by atoms with Gasteiger partial charge in [0.1, 0.15) is 13.2 Å². The van der Waals surface area contributed by atoms with Gasteiger partial charge in [-0.15, -0.1) is 0 Å². The molecule has 1 amide bonds. The second-order valence-electron chi connectivity index (χ2n) is 23.5. The first-order chi connectivity index (χ1) is 36.0. The Balaban J connectivity index is 3.99. The summed E-state index contributed by atoms with van der Waals surface area (Å²) in [6, 6.07) is -0.868. The molecule has 74 heavy (non-hydrogen) atoms. The van der Waals surface area contributed by atoms with Crippen molar-refractivity contribution in [2.24, 2.45) is 0 Å². The van der Waals surface area contributed by atoms with Crippen LogP contribution in [0.2, 0.25) is 0 Å². The van der Waals surface area contributed by atoms with Gasteiger partial charge in [-0.1, -0.05) is 307 Å². The molecule has 0 fully saturated rings. The number of hydrogen-bond donors (Lipinski definition) is 3. The average Bonchev–Trinajstić information content (AvgIpc) is 3.36. The van der Waals surface area contributed by atoms with Crippen LogP contribution in [0.5, 0.6) is 0 Å². The molecule has 0 aromatic heterocycles. The van der Waals surface area contributed by atoms with Gasteiger partial charge in [-0.2, -0.15) is 0 Å². The van der Waals surface area contributed by atoms with E-state index < -0.39 is 20.0 Å². The average molecular weight is 1060 g/mol. The zero-order chi connectivity index (χ0) is 54.2. The number of carbonyl (C=O) groups is 1. The highest BCUT2D eigenvalue weighted by Gasteiger charge is 2.27. The van der Waals surface area contributed by atoms with Crippen molar-refractivity contribution < 1.29 is 32.9 Å². The van der Waals surface area contributed by atoms with Crippen LogP contribution in [0.3, 0.4) is 0 Å². The van der Waals surface area contributed by atoms with Gasteiger partial charge in [0, 0.05) is 6.42 Å². The molecule has 8 nitrogen and oxygen atoms in total. The Kier molecular flexibility index (Phi) is 55.5. The zero-order valence-electron chi connectivity index (χ0n) is 50.1. The number of likely N-dealkylation sites (N-methyl/N-ethyl adjacent to an activating group) is 1. The van der Waals surface area contributed by atoms with Crippen molar-refractivity contribution in [3.63, 3.8) is 0 Å². The second-order valence-corrected chi connectivity index (χ2v) is 24.9. The van der Waals surface area contributed by atoms with Crippen molar-refractivity contribution in [1.29, 1.82) is 0 Å². The van der Waals surface area contributed by atoms with Crippen LogP contribution in [-0.4, -0.2) is 73.4 Å². The van der Waals surface area contributed by atoms with Gasteiger partial charge in [0.25, 0.3) is 0 Å². The first-order valence-corrected chi connectivity index (χ1v) is 33.9. The van der Waals surface area contributed by atoms with Crippen molar-refractivity contribution in [2.75, 3.05) is 40.9 Å². The largest absolute Gasteiger partial charge is 0.472 e. The van der Waals surface area contributed by atoms with Gasteiger partial charge < -0.3 is 19.8 Å². The molecule has 0 rings (SSSR count). The van der Waals surface area contributed by atoms with E-state index in [-0.39, 0.29) is 19.1 Å². The fraction of sp³-hybridized carbons (Fsp3) is 0.892. The summed E-state index contributed by atoms with van der Waals surface area (Å²) >= 11 is 0. The fourth-order valence-corrected chi connectivity index (χ4v) is 10.5. The molecule has 0 aliphatic rings. The SMILES string of the molecule is CCCCCCCCC/C=C/CC/C=C/CC/C=C/C(O)C(COP(=O)(O)OCC[N+](C)(C)C)NC(=O)CCCCCCCCCCCCCCCCCCCCCCCCCCCCCCCCCCCCC. The minimum absolute atomic E-state index is 0.0551. The molecule has 0 radical (unpaired) electrons. The third-order valence-corrected chi connectivity index (χ3v) is 15.8. The highest BCUT2D eigenvalue weighted by Crippen LogP contribution is 2.43. The van der Waals surface area contributed by atoms with Gasteiger partial charge >= 0.3 is 7.82 Å². The number of aliphatic hydroxyl groups excluding tert-OH is 1. The normalized spacial score (nSPS) is 14.0. The van der Waals surface area contributed by atoms with E-state index in [0.717, 1.165) is 44.9 Å². The molecule has 438 valence electrons. The molecule has 0 heterocycles. The molecular formula is C65H128N2O6P+. The first-order valence-electron chi connectivity index (χ1n) is 32.4. The summed E-state index contributed by atoms with van der Waals surface area (Å²) in [7, 11) is 1.56. The van der Waals surface area contributed by atoms with Crippen molar-refractivity contribution in [1.82, 2.24) is 5.32 Å². The topological polar surface area (TPSA) is 105 Å². The van der Waals surface area contributed by atoms with Gasteiger partial charge in [-0.25, -0.2) is 4.57 Å². The van der Waals surface area contributed by atoms with Crippen molar-refractivity contribution >= 4 is 13.7 Å². The molecule has 0 saturated heterocycles.